The topological polar surface area (TPSA) is 75.6 Å². The van der Waals surface area contributed by atoms with Crippen molar-refractivity contribution in [2.45, 2.75) is 32.0 Å². The van der Waals surface area contributed by atoms with Gasteiger partial charge in [-0.1, -0.05) is 0 Å². The molecule has 1 unspecified atom stereocenters. The molecule has 1 saturated carbocycles. The third-order valence-electron chi connectivity index (χ3n) is 2.54. The van der Waals surface area contributed by atoms with Gasteiger partial charge < -0.3 is 15.2 Å². The highest BCUT2D eigenvalue weighted by Gasteiger charge is 2.44. The van der Waals surface area contributed by atoms with E-state index < -0.39 is 36.7 Å². The summed E-state index contributed by atoms with van der Waals surface area (Å²) in [6, 6.07) is -0.0706. The Kier molecular flexibility index (Phi) is 4.20. The highest BCUT2D eigenvalue weighted by atomic mass is 19.4. The van der Waals surface area contributed by atoms with Crippen molar-refractivity contribution in [2.75, 3.05) is 13.2 Å². The number of amides is 1. The van der Waals surface area contributed by atoms with Gasteiger partial charge in [0.2, 0.25) is 5.91 Å². The van der Waals surface area contributed by atoms with E-state index >= 15 is 0 Å². The second-order valence-electron chi connectivity index (χ2n) is 4.49. The minimum Gasteiger partial charge on any atom is -0.480 e. The number of nitrogens with one attached hydrogen (secondary N) is 1. The van der Waals surface area contributed by atoms with Crippen LogP contribution in [0.3, 0.4) is 0 Å². The minimum absolute atomic E-state index is 0.0706. The number of alkyl halides is 3. The summed E-state index contributed by atoms with van der Waals surface area (Å²) in [6.45, 7) is -1.35. The molecule has 2 N–H and O–H groups in total. The standard InChI is InChI=1S/C10H14F3NO4/c1-9(8(16)17,4-18-5-10(11,12)13)7(15)14-6-2-3-6/h6H,2-5H2,1H3,(H,14,15)(H,16,17). The molecule has 1 aliphatic rings. The van der Waals surface area contributed by atoms with Gasteiger partial charge in [-0.25, -0.2) is 0 Å². The number of rotatable bonds is 6. The van der Waals surface area contributed by atoms with E-state index in [4.69, 9.17) is 5.11 Å². The summed E-state index contributed by atoms with van der Waals surface area (Å²) in [5.41, 5.74) is -2.01. The van der Waals surface area contributed by atoms with Gasteiger partial charge in [0, 0.05) is 6.04 Å². The average Bonchev–Trinajstić information content (AvgIpc) is 2.98. The first kappa shape index (κ1) is 14.7. The van der Waals surface area contributed by atoms with Crippen molar-refractivity contribution in [2.24, 2.45) is 5.41 Å². The van der Waals surface area contributed by atoms with Crippen molar-refractivity contribution >= 4 is 11.9 Å². The van der Waals surface area contributed by atoms with Crippen LogP contribution in [0.2, 0.25) is 0 Å². The first-order valence-corrected chi connectivity index (χ1v) is 5.34. The quantitative estimate of drug-likeness (QED) is 0.703. The molecule has 0 aromatic carbocycles. The van der Waals surface area contributed by atoms with Crippen LogP contribution in [0.25, 0.3) is 0 Å². The predicted molar refractivity (Wildman–Crippen MR) is 53.8 cm³/mol. The predicted octanol–water partition coefficient (Wildman–Crippen LogP) is 0.935. The number of ether oxygens (including phenoxy) is 1. The number of carbonyl (C=O) groups excluding carboxylic acids is 1. The Morgan fingerprint density at radius 3 is 2.28 bits per heavy atom. The summed E-state index contributed by atoms with van der Waals surface area (Å²) in [5.74, 6) is -2.33. The van der Waals surface area contributed by atoms with E-state index in [0.717, 1.165) is 19.8 Å². The summed E-state index contributed by atoms with van der Waals surface area (Å²) >= 11 is 0. The van der Waals surface area contributed by atoms with E-state index in [2.05, 4.69) is 10.1 Å². The Balaban J connectivity index is 2.55. The lowest BCUT2D eigenvalue weighted by Crippen LogP contribution is -2.48. The molecule has 1 fully saturated rings. The van der Waals surface area contributed by atoms with Crippen LogP contribution in [-0.2, 0) is 14.3 Å². The zero-order valence-corrected chi connectivity index (χ0v) is 9.71. The minimum atomic E-state index is -4.55. The van der Waals surface area contributed by atoms with Crippen LogP contribution in [-0.4, -0.2) is 42.4 Å². The molecule has 18 heavy (non-hydrogen) atoms. The molecule has 0 aromatic heterocycles. The normalized spacial score (nSPS) is 19.1. The van der Waals surface area contributed by atoms with Crippen LogP contribution in [0.15, 0.2) is 0 Å². The van der Waals surface area contributed by atoms with Crippen LogP contribution in [0.5, 0.6) is 0 Å². The molecule has 0 heterocycles. The fourth-order valence-electron chi connectivity index (χ4n) is 1.17. The Labute approximate surface area is 101 Å². The molecule has 5 nitrogen and oxygen atoms in total. The molecule has 8 heteroatoms. The van der Waals surface area contributed by atoms with E-state index in [0.29, 0.717) is 0 Å². The number of carboxylic acids is 1. The number of aliphatic carboxylic acids is 1. The number of hydrogen-bond acceptors (Lipinski definition) is 3. The Hall–Kier alpha value is -1.31. The summed E-state index contributed by atoms with van der Waals surface area (Å²) in [7, 11) is 0. The van der Waals surface area contributed by atoms with Gasteiger partial charge in [-0.05, 0) is 19.8 Å². The molecular formula is C10H14F3NO4. The zero-order valence-electron chi connectivity index (χ0n) is 9.71. The van der Waals surface area contributed by atoms with E-state index in [1.807, 2.05) is 0 Å². The van der Waals surface area contributed by atoms with Gasteiger partial charge in [0.05, 0.1) is 6.61 Å². The molecule has 0 saturated heterocycles. The molecule has 1 amide bonds. The van der Waals surface area contributed by atoms with Gasteiger partial charge in [0.1, 0.15) is 6.61 Å². The van der Waals surface area contributed by atoms with Crippen molar-refractivity contribution in [3.05, 3.63) is 0 Å². The largest absolute Gasteiger partial charge is 0.480 e. The Morgan fingerprint density at radius 1 is 1.33 bits per heavy atom. The highest BCUT2D eigenvalue weighted by molar-refractivity contribution is 6.01. The Bertz CT molecular complexity index is 341. The fourth-order valence-corrected chi connectivity index (χ4v) is 1.17. The van der Waals surface area contributed by atoms with Crippen molar-refractivity contribution in [1.29, 1.82) is 0 Å². The summed E-state index contributed by atoms with van der Waals surface area (Å²) in [5, 5.41) is 11.4. The van der Waals surface area contributed by atoms with Crippen molar-refractivity contribution < 1.29 is 32.6 Å². The summed E-state index contributed by atoms with van der Waals surface area (Å²) in [6.07, 6.45) is -3.04. The SMILES string of the molecule is CC(COCC(F)(F)F)(C(=O)O)C(=O)NC1CC1. The van der Waals surface area contributed by atoms with Crippen molar-refractivity contribution in [1.82, 2.24) is 5.32 Å². The molecular weight excluding hydrogens is 255 g/mol. The maximum absolute atomic E-state index is 11.9. The lowest BCUT2D eigenvalue weighted by Gasteiger charge is -2.23. The number of hydrogen-bond donors (Lipinski definition) is 2. The highest BCUT2D eigenvalue weighted by Crippen LogP contribution is 2.24. The Morgan fingerprint density at radius 2 is 1.89 bits per heavy atom. The van der Waals surface area contributed by atoms with Gasteiger partial charge in [-0.3, -0.25) is 9.59 Å². The lowest BCUT2D eigenvalue weighted by atomic mass is 9.90. The maximum Gasteiger partial charge on any atom is 0.411 e. The first-order valence-electron chi connectivity index (χ1n) is 5.34. The van der Waals surface area contributed by atoms with Gasteiger partial charge >= 0.3 is 12.1 Å². The maximum atomic E-state index is 11.9. The van der Waals surface area contributed by atoms with Crippen molar-refractivity contribution in [3.8, 4) is 0 Å². The van der Waals surface area contributed by atoms with E-state index in [1.54, 1.807) is 0 Å². The monoisotopic (exact) mass is 269 g/mol. The molecule has 0 spiro atoms. The molecule has 0 bridgehead atoms. The number of carbonyl (C=O) groups is 2. The number of halogens is 3. The molecule has 0 radical (unpaired) electrons. The smallest absolute Gasteiger partial charge is 0.411 e. The second-order valence-corrected chi connectivity index (χ2v) is 4.49. The van der Waals surface area contributed by atoms with Crippen LogP contribution >= 0.6 is 0 Å². The van der Waals surface area contributed by atoms with Crippen LogP contribution in [0, 0.1) is 5.41 Å². The van der Waals surface area contributed by atoms with Gasteiger partial charge in [0.25, 0.3) is 0 Å². The lowest BCUT2D eigenvalue weighted by molar-refractivity contribution is -0.187. The summed E-state index contributed by atoms with van der Waals surface area (Å²) < 4.78 is 39.9. The summed E-state index contributed by atoms with van der Waals surface area (Å²) in [4.78, 5) is 22.7. The van der Waals surface area contributed by atoms with Crippen LogP contribution in [0.1, 0.15) is 19.8 Å². The average molecular weight is 269 g/mol. The second kappa shape index (κ2) is 5.13. The van der Waals surface area contributed by atoms with Gasteiger partial charge in [0.15, 0.2) is 5.41 Å². The fraction of sp³-hybridized carbons (Fsp3) is 0.800. The number of carboxylic acid groups (broad SMARTS) is 1. The first-order chi connectivity index (χ1) is 8.15. The molecule has 1 aliphatic carbocycles. The van der Waals surface area contributed by atoms with E-state index in [-0.39, 0.29) is 6.04 Å². The molecule has 1 rings (SSSR count). The molecule has 0 aliphatic heterocycles. The van der Waals surface area contributed by atoms with Crippen LogP contribution in [0.4, 0.5) is 13.2 Å². The van der Waals surface area contributed by atoms with E-state index in [1.165, 1.54) is 0 Å². The zero-order chi connectivity index (χ0) is 14.0. The molecule has 1 atom stereocenters. The van der Waals surface area contributed by atoms with Gasteiger partial charge in [-0.2, -0.15) is 13.2 Å². The third-order valence-corrected chi connectivity index (χ3v) is 2.54. The molecule has 104 valence electrons. The molecule has 0 aromatic rings. The van der Waals surface area contributed by atoms with Gasteiger partial charge in [-0.15, -0.1) is 0 Å². The third kappa shape index (κ3) is 4.17. The van der Waals surface area contributed by atoms with Crippen molar-refractivity contribution in [3.63, 3.8) is 0 Å². The van der Waals surface area contributed by atoms with Crippen LogP contribution < -0.4 is 5.32 Å². The van der Waals surface area contributed by atoms with E-state index in [9.17, 15) is 22.8 Å².